The summed E-state index contributed by atoms with van der Waals surface area (Å²) in [5.74, 6) is -1.02. The Labute approximate surface area is 142 Å². The number of para-hydroxylation sites is 1. The second-order valence-corrected chi connectivity index (χ2v) is 5.49. The molecule has 0 saturated carbocycles. The van der Waals surface area contributed by atoms with Gasteiger partial charge in [0.25, 0.3) is 11.6 Å². The lowest BCUT2D eigenvalue weighted by Crippen LogP contribution is -2.11. The van der Waals surface area contributed by atoms with Gasteiger partial charge in [-0.15, -0.1) is 0 Å². The third-order valence-electron chi connectivity index (χ3n) is 3.99. The van der Waals surface area contributed by atoms with Gasteiger partial charge in [0.15, 0.2) is 0 Å². The normalized spacial score (nSPS) is 10.6. The van der Waals surface area contributed by atoms with Gasteiger partial charge in [-0.2, -0.15) is 0 Å². The van der Waals surface area contributed by atoms with E-state index in [0.29, 0.717) is 16.5 Å². The van der Waals surface area contributed by atoms with Crippen molar-refractivity contribution in [3.8, 4) is 0 Å². The molecular weight excluding hydrogens is 324 g/mol. The van der Waals surface area contributed by atoms with Gasteiger partial charge in [0.1, 0.15) is 0 Å². The fourth-order valence-electron chi connectivity index (χ4n) is 2.70. The maximum absolute atomic E-state index is 12.9. The van der Waals surface area contributed by atoms with Crippen molar-refractivity contribution in [2.24, 2.45) is 0 Å². The van der Waals surface area contributed by atoms with Crippen LogP contribution in [0.3, 0.4) is 0 Å². The third kappa shape index (κ3) is 2.76. The molecule has 3 aromatic rings. The number of benzene rings is 2. The Hall–Kier alpha value is -3.48. The third-order valence-corrected chi connectivity index (χ3v) is 3.99. The Balaban J connectivity index is 2.17. The lowest BCUT2D eigenvalue weighted by molar-refractivity contribution is -0.385. The number of carbonyl (C=O) groups excluding carboxylic acids is 2. The van der Waals surface area contributed by atoms with E-state index < -0.39 is 16.8 Å². The molecule has 0 spiro atoms. The first-order chi connectivity index (χ1) is 11.9. The van der Waals surface area contributed by atoms with Crippen LogP contribution in [0.2, 0.25) is 0 Å². The fourth-order valence-corrected chi connectivity index (χ4v) is 2.70. The molecule has 0 radical (unpaired) electrons. The van der Waals surface area contributed by atoms with Gasteiger partial charge in [-0.25, -0.2) is 4.79 Å². The standard InChI is InChI=1S/C18H14N2O5/c1-11-7-8-12(9-16(11)20(23)24)17(21)19-10-14(18(22)25-2)13-5-3-4-6-15(13)19/h3-10H,1-2H3. The zero-order chi connectivity index (χ0) is 18.1. The number of aromatic nitrogens is 1. The second-order valence-electron chi connectivity index (χ2n) is 5.49. The number of aryl methyl sites for hydroxylation is 1. The summed E-state index contributed by atoms with van der Waals surface area (Å²) in [6.07, 6.45) is 1.39. The Bertz CT molecular complexity index is 1020. The van der Waals surface area contributed by atoms with E-state index in [1.807, 2.05) is 0 Å². The topological polar surface area (TPSA) is 91.4 Å². The first kappa shape index (κ1) is 16.4. The van der Waals surface area contributed by atoms with Crippen LogP contribution in [0.4, 0.5) is 5.69 Å². The summed E-state index contributed by atoms with van der Waals surface area (Å²) in [7, 11) is 1.26. The molecule has 0 fully saturated rings. The van der Waals surface area contributed by atoms with Crippen LogP contribution in [0.1, 0.15) is 26.3 Å². The Morgan fingerprint density at radius 1 is 1.16 bits per heavy atom. The summed E-state index contributed by atoms with van der Waals surface area (Å²) in [4.78, 5) is 35.4. The highest BCUT2D eigenvalue weighted by Gasteiger charge is 2.21. The van der Waals surface area contributed by atoms with E-state index >= 15 is 0 Å². The minimum atomic E-state index is -0.558. The van der Waals surface area contributed by atoms with Gasteiger partial charge in [0, 0.05) is 28.8 Å². The number of carbonyl (C=O) groups is 2. The molecule has 7 nitrogen and oxygen atoms in total. The summed E-state index contributed by atoms with van der Waals surface area (Å²) >= 11 is 0. The van der Waals surface area contributed by atoms with Gasteiger partial charge in [0.2, 0.25) is 0 Å². The van der Waals surface area contributed by atoms with Crippen molar-refractivity contribution < 1.29 is 19.2 Å². The summed E-state index contributed by atoms with van der Waals surface area (Å²) < 4.78 is 6.06. The Morgan fingerprint density at radius 3 is 2.56 bits per heavy atom. The first-order valence-electron chi connectivity index (χ1n) is 7.42. The average Bonchev–Trinajstić information content (AvgIpc) is 3.00. The fraction of sp³-hybridized carbons (Fsp3) is 0.111. The van der Waals surface area contributed by atoms with E-state index in [1.54, 1.807) is 31.2 Å². The van der Waals surface area contributed by atoms with Gasteiger partial charge < -0.3 is 4.74 Å². The van der Waals surface area contributed by atoms with E-state index in [9.17, 15) is 19.7 Å². The number of fused-ring (bicyclic) bond motifs is 1. The summed E-state index contributed by atoms with van der Waals surface area (Å²) in [6, 6.07) is 11.2. The van der Waals surface area contributed by atoms with E-state index in [-0.39, 0.29) is 16.8 Å². The number of ether oxygens (including phenoxy) is 1. The molecule has 3 rings (SSSR count). The highest BCUT2D eigenvalue weighted by molar-refractivity contribution is 6.10. The van der Waals surface area contributed by atoms with Crippen LogP contribution < -0.4 is 0 Å². The Morgan fingerprint density at radius 2 is 1.88 bits per heavy atom. The molecule has 126 valence electrons. The van der Waals surface area contributed by atoms with E-state index in [4.69, 9.17) is 4.74 Å². The highest BCUT2D eigenvalue weighted by atomic mass is 16.6. The number of nitrogens with zero attached hydrogens (tertiary/aromatic N) is 2. The SMILES string of the molecule is COC(=O)c1cn(C(=O)c2ccc(C)c([N+](=O)[O-])c2)c2ccccc12. The molecule has 1 aromatic heterocycles. The zero-order valence-electron chi connectivity index (χ0n) is 13.6. The lowest BCUT2D eigenvalue weighted by atomic mass is 10.1. The summed E-state index contributed by atoms with van der Waals surface area (Å²) in [6.45, 7) is 1.60. The molecule has 0 aliphatic carbocycles. The molecule has 25 heavy (non-hydrogen) atoms. The molecule has 0 amide bonds. The van der Waals surface area contributed by atoms with Crippen LogP contribution >= 0.6 is 0 Å². The molecule has 0 unspecified atom stereocenters. The number of esters is 1. The highest BCUT2D eigenvalue weighted by Crippen LogP contribution is 2.25. The summed E-state index contributed by atoms with van der Waals surface area (Å²) in [5, 5.41) is 11.7. The second kappa shape index (κ2) is 6.20. The van der Waals surface area contributed by atoms with Crippen LogP contribution in [-0.4, -0.2) is 28.5 Å². The van der Waals surface area contributed by atoms with Gasteiger partial charge in [0.05, 0.1) is 23.1 Å². The van der Waals surface area contributed by atoms with Crippen LogP contribution in [0.15, 0.2) is 48.7 Å². The minimum absolute atomic E-state index is 0.129. The number of hydrogen-bond donors (Lipinski definition) is 0. The smallest absolute Gasteiger partial charge is 0.340 e. The molecule has 0 atom stereocenters. The van der Waals surface area contributed by atoms with Crippen molar-refractivity contribution in [3.05, 3.63) is 75.5 Å². The van der Waals surface area contributed by atoms with E-state index in [2.05, 4.69) is 0 Å². The number of nitro benzene ring substituents is 1. The molecule has 0 N–H and O–H groups in total. The molecule has 0 aliphatic heterocycles. The van der Waals surface area contributed by atoms with Crippen LogP contribution in [0, 0.1) is 17.0 Å². The average molecular weight is 338 g/mol. The maximum Gasteiger partial charge on any atom is 0.340 e. The van der Waals surface area contributed by atoms with Crippen molar-refractivity contribution in [2.75, 3.05) is 7.11 Å². The van der Waals surface area contributed by atoms with Crippen molar-refractivity contribution in [3.63, 3.8) is 0 Å². The monoisotopic (exact) mass is 338 g/mol. The van der Waals surface area contributed by atoms with Gasteiger partial charge in [-0.3, -0.25) is 19.5 Å². The van der Waals surface area contributed by atoms with E-state index in [0.717, 1.165) is 0 Å². The summed E-state index contributed by atoms with van der Waals surface area (Å²) in [5.41, 5.74) is 1.28. The quantitative estimate of drug-likeness (QED) is 0.415. The molecule has 0 bridgehead atoms. The molecule has 7 heteroatoms. The Kier molecular flexibility index (Phi) is 4.06. The van der Waals surface area contributed by atoms with Gasteiger partial charge in [-0.05, 0) is 19.1 Å². The number of nitro groups is 1. The molecular formula is C18H14N2O5. The first-order valence-corrected chi connectivity index (χ1v) is 7.42. The molecule has 0 saturated heterocycles. The van der Waals surface area contributed by atoms with Gasteiger partial charge in [-0.1, -0.05) is 24.3 Å². The van der Waals surface area contributed by atoms with Crippen molar-refractivity contribution in [2.45, 2.75) is 6.92 Å². The predicted molar refractivity (Wildman–Crippen MR) is 90.8 cm³/mol. The van der Waals surface area contributed by atoms with Crippen LogP contribution in [0.25, 0.3) is 10.9 Å². The van der Waals surface area contributed by atoms with Crippen LogP contribution in [0.5, 0.6) is 0 Å². The number of hydrogen-bond acceptors (Lipinski definition) is 5. The lowest BCUT2D eigenvalue weighted by Gasteiger charge is -2.05. The van der Waals surface area contributed by atoms with Crippen LogP contribution in [-0.2, 0) is 4.74 Å². The molecule has 1 heterocycles. The maximum atomic E-state index is 12.9. The van der Waals surface area contributed by atoms with Crippen molar-refractivity contribution in [1.82, 2.24) is 4.57 Å². The molecule has 0 aliphatic rings. The van der Waals surface area contributed by atoms with Crippen molar-refractivity contribution in [1.29, 1.82) is 0 Å². The minimum Gasteiger partial charge on any atom is -0.465 e. The van der Waals surface area contributed by atoms with Crippen molar-refractivity contribution >= 4 is 28.5 Å². The number of methoxy groups -OCH3 is 1. The number of rotatable bonds is 3. The predicted octanol–water partition coefficient (Wildman–Crippen LogP) is 3.33. The zero-order valence-corrected chi connectivity index (χ0v) is 13.6. The largest absolute Gasteiger partial charge is 0.465 e. The van der Waals surface area contributed by atoms with E-state index in [1.165, 1.54) is 36.1 Å². The van der Waals surface area contributed by atoms with Gasteiger partial charge >= 0.3 is 5.97 Å². The molecule has 2 aromatic carbocycles.